The molecule has 0 aliphatic carbocycles. The van der Waals surface area contributed by atoms with Crippen molar-refractivity contribution in [1.82, 2.24) is 20.1 Å². The van der Waals surface area contributed by atoms with Gasteiger partial charge in [-0.2, -0.15) is 0 Å². The van der Waals surface area contributed by atoms with Crippen LogP contribution in [0.5, 0.6) is 0 Å². The predicted octanol–water partition coefficient (Wildman–Crippen LogP) is 0.0100. The molecule has 1 atom stereocenters. The molecule has 0 bridgehead atoms. The van der Waals surface area contributed by atoms with Gasteiger partial charge in [-0.25, -0.2) is 4.98 Å². The van der Waals surface area contributed by atoms with E-state index in [0.717, 1.165) is 38.5 Å². The normalized spacial score (nSPS) is 23.8. The lowest BCUT2D eigenvalue weighted by Gasteiger charge is -2.37. The number of nitrogens with one attached hydrogen (secondary N) is 1. The van der Waals surface area contributed by atoms with E-state index in [-0.39, 0.29) is 0 Å². The van der Waals surface area contributed by atoms with E-state index in [1.54, 1.807) is 6.20 Å². The Hall–Kier alpha value is -0.910. The van der Waals surface area contributed by atoms with E-state index in [1.807, 2.05) is 0 Å². The van der Waals surface area contributed by atoms with Crippen LogP contribution in [0, 0.1) is 0 Å². The molecule has 5 heteroatoms. The summed E-state index contributed by atoms with van der Waals surface area (Å²) in [5.41, 5.74) is 0. The molecule has 16 heavy (non-hydrogen) atoms. The van der Waals surface area contributed by atoms with E-state index in [1.165, 1.54) is 6.39 Å². The molecular formula is C11H20N4O. The molecule has 1 aliphatic heterocycles. The molecule has 0 spiro atoms. The van der Waals surface area contributed by atoms with Gasteiger partial charge >= 0.3 is 0 Å². The Morgan fingerprint density at radius 1 is 1.50 bits per heavy atom. The minimum atomic E-state index is 0.585. The second kappa shape index (κ2) is 5.43. The molecule has 1 unspecified atom stereocenters. The topological polar surface area (TPSA) is 44.5 Å². The van der Waals surface area contributed by atoms with Gasteiger partial charge in [-0.15, -0.1) is 0 Å². The lowest BCUT2D eigenvalue weighted by molar-refractivity contribution is 0.113. The number of oxazole rings is 1. The highest BCUT2D eigenvalue weighted by Crippen LogP contribution is 2.05. The van der Waals surface area contributed by atoms with E-state index in [0.29, 0.717) is 6.04 Å². The predicted molar refractivity (Wildman–Crippen MR) is 62.1 cm³/mol. The van der Waals surface area contributed by atoms with Crippen LogP contribution in [0.4, 0.5) is 0 Å². The van der Waals surface area contributed by atoms with Gasteiger partial charge in [0.2, 0.25) is 0 Å². The molecule has 0 amide bonds. The fourth-order valence-electron chi connectivity index (χ4n) is 2.01. The van der Waals surface area contributed by atoms with Crippen LogP contribution in [0.1, 0.15) is 5.76 Å². The van der Waals surface area contributed by atoms with Crippen LogP contribution in [-0.4, -0.2) is 61.1 Å². The first-order valence-electron chi connectivity index (χ1n) is 5.72. The highest BCUT2D eigenvalue weighted by Gasteiger charge is 2.21. The molecule has 0 aromatic carbocycles. The van der Waals surface area contributed by atoms with Crippen molar-refractivity contribution in [2.75, 3.05) is 40.3 Å². The molecule has 1 fully saturated rings. The summed E-state index contributed by atoms with van der Waals surface area (Å²) in [4.78, 5) is 8.68. The van der Waals surface area contributed by atoms with Crippen molar-refractivity contribution in [2.45, 2.75) is 12.6 Å². The van der Waals surface area contributed by atoms with E-state index in [4.69, 9.17) is 4.42 Å². The van der Waals surface area contributed by atoms with Crippen LogP contribution in [0.25, 0.3) is 0 Å². The van der Waals surface area contributed by atoms with E-state index < -0.39 is 0 Å². The van der Waals surface area contributed by atoms with Gasteiger partial charge in [-0.1, -0.05) is 0 Å². The third kappa shape index (κ3) is 3.04. The van der Waals surface area contributed by atoms with Gasteiger partial charge in [-0.3, -0.25) is 4.90 Å². The average molecular weight is 224 g/mol. The Kier molecular flexibility index (Phi) is 3.93. The number of hydrogen-bond donors (Lipinski definition) is 1. The molecule has 2 rings (SSSR count). The summed E-state index contributed by atoms with van der Waals surface area (Å²) in [6.45, 7) is 5.18. The average Bonchev–Trinajstić information content (AvgIpc) is 2.76. The molecule has 1 aromatic heterocycles. The third-order valence-electron chi connectivity index (χ3n) is 3.14. The maximum absolute atomic E-state index is 5.17. The van der Waals surface area contributed by atoms with Gasteiger partial charge in [-0.05, 0) is 14.1 Å². The zero-order chi connectivity index (χ0) is 11.4. The molecule has 1 aromatic rings. The molecule has 1 N–H and O–H groups in total. The quantitative estimate of drug-likeness (QED) is 0.780. The van der Waals surface area contributed by atoms with Crippen molar-refractivity contribution in [3.63, 3.8) is 0 Å². The SMILES string of the molecule is CN1CCN(C)C(CNCc2cnco2)C1. The summed E-state index contributed by atoms with van der Waals surface area (Å²) in [5, 5.41) is 3.41. The van der Waals surface area contributed by atoms with Gasteiger partial charge < -0.3 is 14.6 Å². The van der Waals surface area contributed by atoms with Crippen molar-refractivity contribution in [2.24, 2.45) is 0 Å². The fourth-order valence-corrected chi connectivity index (χ4v) is 2.01. The number of piperazine rings is 1. The van der Waals surface area contributed by atoms with Crippen LogP contribution in [0.15, 0.2) is 17.0 Å². The highest BCUT2D eigenvalue weighted by molar-refractivity contribution is 4.88. The summed E-state index contributed by atoms with van der Waals surface area (Å²) in [6, 6.07) is 0.585. The van der Waals surface area contributed by atoms with Crippen molar-refractivity contribution in [3.8, 4) is 0 Å². The largest absolute Gasteiger partial charge is 0.447 e. The maximum Gasteiger partial charge on any atom is 0.180 e. The minimum absolute atomic E-state index is 0.585. The number of likely N-dealkylation sites (N-methyl/N-ethyl adjacent to an activating group) is 2. The maximum atomic E-state index is 5.17. The Balaban J connectivity index is 1.72. The second-order valence-corrected chi connectivity index (χ2v) is 4.50. The Morgan fingerprint density at radius 3 is 3.12 bits per heavy atom. The van der Waals surface area contributed by atoms with Crippen molar-refractivity contribution >= 4 is 0 Å². The second-order valence-electron chi connectivity index (χ2n) is 4.50. The first-order chi connectivity index (χ1) is 7.75. The number of nitrogens with zero attached hydrogens (tertiary/aromatic N) is 3. The molecule has 90 valence electrons. The van der Waals surface area contributed by atoms with Crippen LogP contribution >= 0.6 is 0 Å². The minimum Gasteiger partial charge on any atom is -0.447 e. The van der Waals surface area contributed by atoms with E-state index in [9.17, 15) is 0 Å². The standard InChI is InChI=1S/C11H20N4O/c1-14-3-4-15(2)10(8-14)5-12-6-11-7-13-9-16-11/h7,9-10,12H,3-6,8H2,1-2H3. The van der Waals surface area contributed by atoms with Gasteiger partial charge in [0.05, 0.1) is 12.7 Å². The van der Waals surface area contributed by atoms with Crippen LogP contribution in [0.2, 0.25) is 0 Å². The third-order valence-corrected chi connectivity index (χ3v) is 3.14. The number of aromatic nitrogens is 1. The van der Waals surface area contributed by atoms with Gasteiger partial charge in [0, 0.05) is 32.2 Å². The number of rotatable bonds is 4. The van der Waals surface area contributed by atoms with E-state index >= 15 is 0 Å². The lowest BCUT2D eigenvalue weighted by Crippen LogP contribution is -2.53. The summed E-state index contributed by atoms with van der Waals surface area (Å²) in [6.07, 6.45) is 3.22. The summed E-state index contributed by atoms with van der Waals surface area (Å²) >= 11 is 0. The monoisotopic (exact) mass is 224 g/mol. The fraction of sp³-hybridized carbons (Fsp3) is 0.727. The van der Waals surface area contributed by atoms with Gasteiger partial charge in [0.1, 0.15) is 5.76 Å². The summed E-state index contributed by atoms with van der Waals surface area (Å²) in [5.74, 6) is 0.895. The highest BCUT2D eigenvalue weighted by atomic mass is 16.3. The Bertz CT molecular complexity index is 301. The molecule has 2 heterocycles. The van der Waals surface area contributed by atoms with Crippen LogP contribution in [-0.2, 0) is 6.54 Å². The van der Waals surface area contributed by atoms with Crippen LogP contribution < -0.4 is 5.32 Å². The molecule has 1 aliphatic rings. The zero-order valence-corrected chi connectivity index (χ0v) is 10.0. The molecule has 5 nitrogen and oxygen atoms in total. The lowest BCUT2D eigenvalue weighted by atomic mass is 10.2. The van der Waals surface area contributed by atoms with Crippen molar-refractivity contribution < 1.29 is 4.42 Å². The summed E-state index contributed by atoms with van der Waals surface area (Å²) < 4.78 is 5.17. The van der Waals surface area contributed by atoms with Crippen LogP contribution in [0.3, 0.4) is 0 Å². The number of hydrogen-bond acceptors (Lipinski definition) is 5. The molecule has 0 saturated carbocycles. The molecule has 0 radical (unpaired) electrons. The summed E-state index contributed by atoms with van der Waals surface area (Å²) in [7, 11) is 4.37. The molecular weight excluding hydrogens is 204 g/mol. The Morgan fingerprint density at radius 2 is 2.38 bits per heavy atom. The van der Waals surface area contributed by atoms with Gasteiger partial charge in [0.25, 0.3) is 0 Å². The van der Waals surface area contributed by atoms with Gasteiger partial charge in [0.15, 0.2) is 6.39 Å². The smallest absolute Gasteiger partial charge is 0.180 e. The van der Waals surface area contributed by atoms with Crippen molar-refractivity contribution in [1.29, 1.82) is 0 Å². The Labute approximate surface area is 96.4 Å². The van der Waals surface area contributed by atoms with Crippen molar-refractivity contribution in [3.05, 3.63) is 18.4 Å². The first-order valence-corrected chi connectivity index (χ1v) is 5.72. The van der Waals surface area contributed by atoms with E-state index in [2.05, 4.69) is 34.2 Å². The first kappa shape index (κ1) is 11.6. The molecule has 1 saturated heterocycles. The zero-order valence-electron chi connectivity index (χ0n) is 10.0.